The summed E-state index contributed by atoms with van der Waals surface area (Å²) in [6.45, 7) is -0.0166. The zero-order valence-corrected chi connectivity index (χ0v) is 8.04. The van der Waals surface area contributed by atoms with E-state index in [1.807, 2.05) is 0 Å². The first-order valence-electron chi connectivity index (χ1n) is 3.70. The van der Waals surface area contributed by atoms with Gasteiger partial charge in [-0.15, -0.1) is 0 Å². The maximum absolute atomic E-state index is 11.4. The molecule has 0 amide bonds. The van der Waals surface area contributed by atoms with E-state index in [4.69, 9.17) is 0 Å². The smallest absolute Gasteiger partial charge is 0.242 e. The van der Waals surface area contributed by atoms with Crippen LogP contribution in [0.4, 0.5) is 0 Å². The van der Waals surface area contributed by atoms with Crippen molar-refractivity contribution in [2.45, 2.75) is 4.90 Å². The lowest BCUT2D eigenvalue weighted by molar-refractivity contribution is 0.194. The Hall–Kier alpha value is -0.910. The molecule has 5 heteroatoms. The van der Waals surface area contributed by atoms with E-state index in [1.54, 1.807) is 18.2 Å². The predicted molar refractivity (Wildman–Crippen MR) is 48.6 cm³/mol. The normalized spacial score (nSPS) is 11.5. The monoisotopic (exact) mass is 201 g/mol. The molecule has 0 saturated heterocycles. The molecule has 0 saturated carbocycles. The Bertz CT molecular complexity index is 347. The number of hydrogen-bond donors (Lipinski definition) is 1. The lowest BCUT2D eigenvalue weighted by Crippen LogP contribution is -2.25. The van der Waals surface area contributed by atoms with Crippen LogP contribution in [0.15, 0.2) is 35.2 Å². The van der Waals surface area contributed by atoms with Gasteiger partial charge >= 0.3 is 0 Å². The van der Waals surface area contributed by atoms with Gasteiger partial charge in [0.2, 0.25) is 10.0 Å². The van der Waals surface area contributed by atoms with Crippen LogP contribution in [-0.4, -0.2) is 22.3 Å². The number of benzene rings is 1. The van der Waals surface area contributed by atoms with Crippen molar-refractivity contribution in [3.63, 3.8) is 0 Å². The summed E-state index contributed by atoms with van der Waals surface area (Å²) < 4.78 is 29.7. The van der Waals surface area contributed by atoms with Gasteiger partial charge in [0.25, 0.3) is 0 Å². The van der Waals surface area contributed by atoms with Gasteiger partial charge in [0.1, 0.15) is 6.73 Å². The number of methoxy groups -OCH3 is 1. The first-order chi connectivity index (χ1) is 6.17. The second-order valence-electron chi connectivity index (χ2n) is 2.39. The molecule has 0 aliphatic rings. The summed E-state index contributed by atoms with van der Waals surface area (Å²) >= 11 is 0. The maximum atomic E-state index is 11.4. The first-order valence-corrected chi connectivity index (χ1v) is 5.19. The summed E-state index contributed by atoms with van der Waals surface area (Å²) in [6.07, 6.45) is 0. The fourth-order valence-corrected chi connectivity index (χ4v) is 1.77. The highest BCUT2D eigenvalue weighted by molar-refractivity contribution is 7.89. The molecule has 0 aliphatic carbocycles. The van der Waals surface area contributed by atoms with Crippen LogP contribution in [0.1, 0.15) is 0 Å². The number of sulfonamides is 1. The van der Waals surface area contributed by atoms with E-state index in [1.165, 1.54) is 19.2 Å². The summed E-state index contributed by atoms with van der Waals surface area (Å²) in [5.74, 6) is 0. The molecule has 72 valence electrons. The Morgan fingerprint density at radius 1 is 1.31 bits per heavy atom. The third kappa shape index (κ3) is 2.80. The van der Waals surface area contributed by atoms with Crippen molar-refractivity contribution in [1.82, 2.24) is 4.72 Å². The van der Waals surface area contributed by atoms with Crippen LogP contribution in [-0.2, 0) is 14.8 Å². The van der Waals surface area contributed by atoms with E-state index in [0.29, 0.717) is 0 Å². The van der Waals surface area contributed by atoms with Crippen LogP contribution >= 0.6 is 0 Å². The summed E-state index contributed by atoms with van der Waals surface area (Å²) in [4.78, 5) is 0.243. The van der Waals surface area contributed by atoms with Crippen LogP contribution < -0.4 is 4.72 Å². The van der Waals surface area contributed by atoms with Gasteiger partial charge in [-0.3, -0.25) is 0 Å². The summed E-state index contributed by atoms with van der Waals surface area (Å²) in [6, 6.07) is 8.15. The summed E-state index contributed by atoms with van der Waals surface area (Å²) in [5.41, 5.74) is 0. The minimum atomic E-state index is -3.40. The molecule has 0 heterocycles. The molecule has 0 radical (unpaired) electrons. The number of nitrogens with one attached hydrogen (secondary N) is 1. The van der Waals surface area contributed by atoms with Crippen molar-refractivity contribution in [1.29, 1.82) is 0 Å². The van der Waals surface area contributed by atoms with E-state index in [9.17, 15) is 8.42 Å². The van der Waals surface area contributed by atoms with Gasteiger partial charge < -0.3 is 4.74 Å². The van der Waals surface area contributed by atoms with Crippen LogP contribution in [0.3, 0.4) is 0 Å². The van der Waals surface area contributed by atoms with Crippen molar-refractivity contribution in [3.05, 3.63) is 30.3 Å². The molecule has 1 N–H and O–H groups in total. The topological polar surface area (TPSA) is 55.4 Å². The largest absolute Gasteiger partial charge is 0.369 e. The first kappa shape index (κ1) is 10.2. The Balaban J connectivity index is 2.83. The fourth-order valence-electron chi connectivity index (χ4n) is 0.819. The summed E-state index contributed by atoms with van der Waals surface area (Å²) in [7, 11) is -1.97. The molecule has 1 aromatic carbocycles. The Morgan fingerprint density at radius 3 is 2.46 bits per heavy atom. The van der Waals surface area contributed by atoms with E-state index < -0.39 is 10.0 Å². The van der Waals surface area contributed by atoms with Crippen LogP contribution in [0.25, 0.3) is 0 Å². The Morgan fingerprint density at radius 2 is 1.92 bits per heavy atom. The van der Waals surface area contributed by atoms with Crippen LogP contribution in [0, 0.1) is 0 Å². The molecule has 0 aliphatic heterocycles. The fraction of sp³-hybridized carbons (Fsp3) is 0.250. The standard InChI is InChI=1S/C8H11NO3S/c1-12-7-9-13(10,11)8-5-3-2-4-6-8/h2-6,9H,7H2,1H3. The molecule has 1 aromatic rings. The quantitative estimate of drug-likeness (QED) is 0.724. The maximum Gasteiger partial charge on any atom is 0.242 e. The molecule has 0 bridgehead atoms. The van der Waals surface area contributed by atoms with Crippen molar-refractivity contribution >= 4 is 10.0 Å². The third-order valence-electron chi connectivity index (χ3n) is 1.45. The third-order valence-corrected chi connectivity index (χ3v) is 2.84. The molecule has 4 nitrogen and oxygen atoms in total. The van der Waals surface area contributed by atoms with Gasteiger partial charge in [-0.1, -0.05) is 18.2 Å². The van der Waals surface area contributed by atoms with E-state index in [0.717, 1.165) is 0 Å². The molecule has 0 aromatic heterocycles. The van der Waals surface area contributed by atoms with Crippen LogP contribution in [0.5, 0.6) is 0 Å². The number of hydrogen-bond acceptors (Lipinski definition) is 3. The minimum absolute atomic E-state index is 0.0166. The number of ether oxygens (including phenoxy) is 1. The van der Waals surface area contributed by atoms with E-state index in [-0.39, 0.29) is 11.6 Å². The van der Waals surface area contributed by atoms with Crippen molar-refractivity contribution < 1.29 is 13.2 Å². The SMILES string of the molecule is COCNS(=O)(=O)c1ccccc1. The van der Waals surface area contributed by atoms with Gasteiger partial charge in [0.15, 0.2) is 0 Å². The predicted octanol–water partition coefficient (Wildman–Crippen LogP) is 0.569. The average Bonchev–Trinajstić information content (AvgIpc) is 2.16. The minimum Gasteiger partial charge on any atom is -0.369 e. The van der Waals surface area contributed by atoms with E-state index >= 15 is 0 Å². The van der Waals surface area contributed by atoms with Gasteiger partial charge in [-0.2, -0.15) is 4.72 Å². The molecule has 0 spiro atoms. The Labute approximate surface area is 77.6 Å². The molecule has 0 atom stereocenters. The molecule has 0 fully saturated rings. The van der Waals surface area contributed by atoms with Crippen molar-refractivity contribution in [2.75, 3.05) is 13.8 Å². The molecule has 13 heavy (non-hydrogen) atoms. The molecular formula is C8H11NO3S. The highest BCUT2D eigenvalue weighted by Crippen LogP contribution is 2.06. The molecule has 0 unspecified atom stereocenters. The highest BCUT2D eigenvalue weighted by Gasteiger charge is 2.11. The van der Waals surface area contributed by atoms with E-state index in [2.05, 4.69) is 9.46 Å². The number of rotatable bonds is 4. The van der Waals surface area contributed by atoms with Crippen molar-refractivity contribution in [2.24, 2.45) is 0 Å². The second-order valence-corrected chi connectivity index (χ2v) is 4.16. The molecular weight excluding hydrogens is 190 g/mol. The molecule has 1 rings (SSSR count). The zero-order valence-electron chi connectivity index (χ0n) is 7.23. The highest BCUT2D eigenvalue weighted by atomic mass is 32.2. The van der Waals surface area contributed by atoms with Gasteiger partial charge in [-0.25, -0.2) is 8.42 Å². The average molecular weight is 201 g/mol. The second kappa shape index (κ2) is 4.36. The zero-order chi connectivity index (χ0) is 9.73. The summed E-state index contributed by atoms with van der Waals surface area (Å²) in [5, 5.41) is 0. The lowest BCUT2D eigenvalue weighted by Gasteiger charge is -2.04. The van der Waals surface area contributed by atoms with Gasteiger partial charge in [-0.05, 0) is 12.1 Å². The van der Waals surface area contributed by atoms with Crippen molar-refractivity contribution in [3.8, 4) is 0 Å². The van der Waals surface area contributed by atoms with Crippen LogP contribution in [0.2, 0.25) is 0 Å². The lowest BCUT2D eigenvalue weighted by atomic mass is 10.4. The van der Waals surface area contributed by atoms with Gasteiger partial charge in [0.05, 0.1) is 4.90 Å². The van der Waals surface area contributed by atoms with Gasteiger partial charge in [0, 0.05) is 7.11 Å². The Kier molecular flexibility index (Phi) is 3.41.